The molecule has 1 aromatic heterocycles. The molecule has 0 spiro atoms. The van der Waals surface area contributed by atoms with Crippen LogP contribution in [0.1, 0.15) is 44.2 Å². The first kappa shape index (κ1) is 12.5. The fraction of sp³-hybridized carbons (Fsp3) is 0.636. The molecule has 0 aliphatic heterocycles. The van der Waals surface area contributed by atoms with Crippen molar-refractivity contribution in [3.05, 3.63) is 11.8 Å². The number of rotatable bonds is 4. The minimum absolute atomic E-state index is 0.119. The smallest absolute Gasteiger partial charge is 0.269 e. The van der Waals surface area contributed by atoms with Crippen molar-refractivity contribution in [2.24, 2.45) is 5.92 Å². The molecular weight excluding hydrogens is 204 g/mol. The van der Waals surface area contributed by atoms with E-state index in [0.29, 0.717) is 24.0 Å². The molecule has 1 amide bonds. The maximum Gasteiger partial charge on any atom is 0.269 e. The van der Waals surface area contributed by atoms with Crippen LogP contribution >= 0.6 is 0 Å². The van der Waals surface area contributed by atoms with Crippen LogP contribution in [-0.2, 0) is 0 Å². The number of anilines is 1. The number of nitrogens with two attached hydrogens (primary N) is 1. The maximum atomic E-state index is 11.9. The summed E-state index contributed by atoms with van der Waals surface area (Å²) in [5, 5.41) is 6.94. The van der Waals surface area contributed by atoms with E-state index in [-0.39, 0.29) is 11.9 Å². The van der Waals surface area contributed by atoms with Crippen molar-refractivity contribution in [2.75, 3.05) is 12.3 Å². The normalized spacial score (nSPS) is 11.1. The molecule has 0 bridgehead atoms. The van der Waals surface area contributed by atoms with E-state index in [2.05, 4.69) is 10.4 Å². The number of nitrogens with one attached hydrogen (secondary N) is 1. The Bertz CT molecular complexity index is 368. The summed E-state index contributed by atoms with van der Waals surface area (Å²) in [6.07, 6.45) is 0. The Morgan fingerprint density at radius 3 is 2.62 bits per heavy atom. The topological polar surface area (TPSA) is 72.9 Å². The molecule has 0 aliphatic carbocycles. The van der Waals surface area contributed by atoms with Crippen molar-refractivity contribution < 1.29 is 4.79 Å². The zero-order valence-electron chi connectivity index (χ0n) is 10.3. The standard InChI is InChI=1S/C11H20N4O/c1-7(2)6-13-11(16)9-5-10(12)14-15(9)8(3)4/h5,7-8H,6H2,1-4H3,(H2,12,14)(H,13,16). The zero-order chi connectivity index (χ0) is 12.3. The third-order valence-electron chi connectivity index (χ3n) is 2.15. The number of carbonyl (C=O) groups is 1. The lowest BCUT2D eigenvalue weighted by Crippen LogP contribution is -2.29. The first-order chi connectivity index (χ1) is 7.41. The van der Waals surface area contributed by atoms with Crippen LogP contribution in [0.4, 0.5) is 5.82 Å². The molecule has 0 radical (unpaired) electrons. The van der Waals surface area contributed by atoms with Crippen LogP contribution in [0.2, 0.25) is 0 Å². The van der Waals surface area contributed by atoms with Crippen molar-refractivity contribution in [1.82, 2.24) is 15.1 Å². The van der Waals surface area contributed by atoms with Gasteiger partial charge in [-0.25, -0.2) is 0 Å². The third-order valence-corrected chi connectivity index (χ3v) is 2.15. The first-order valence-corrected chi connectivity index (χ1v) is 5.55. The second-order valence-corrected chi connectivity index (χ2v) is 4.60. The second kappa shape index (κ2) is 5.01. The van der Waals surface area contributed by atoms with E-state index in [9.17, 15) is 4.79 Å². The minimum Gasteiger partial charge on any atom is -0.382 e. The fourth-order valence-corrected chi connectivity index (χ4v) is 1.36. The molecule has 0 saturated carbocycles. The summed E-state index contributed by atoms with van der Waals surface area (Å²) in [5.74, 6) is 0.687. The summed E-state index contributed by atoms with van der Waals surface area (Å²) >= 11 is 0. The molecule has 0 atom stereocenters. The van der Waals surface area contributed by atoms with E-state index < -0.39 is 0 Å². The van der Waals surface area contributed by atoms with E-state index >= 15 is 0 Å². The molecule has 0 fully saturated rings. The molecule has 5 nitrogen and oxygen atoms in total. The SMILES string of the molecule is CC(C)CNC(=O)c1cc(N)nn1C(C)C. The summed E-state index contributed by atoms with van der Waals surface area (Å²) in [5.41, 5.74) is 6.12. The third kappa shape index (κ3) is 2.98. The Morgan fingerprint density at radius 1 is 1.50 bits per heavy atom. The molecule has 0 saturated heterocycles. The van der Waals surface area contributed by atoms with Gasteiger partial charge in [0.2, 0.25) is 0 Å². The first-order valence-electron chi connectivity index (χ1n) is 5.55. The number of hydrogen-bond donors (Lipinski definition) is 2. The molecule has 5 heteroatoms. The Labute approximate surface area is 96.0 Å². The highest BCUT2D eigenvalue weighted by Gasteiger charge is 2.15. The van der Waals surface area contributed by atoms with E-state index in [1.807, 2.05) is 27.7 Å². The highest BCUT2D eigenvalue weighted by atomic mass is 16.2. The van der Waals surface area contributed by atoms with Gasteiger partial charge in [-0.15, -0.1) is 0 Å². The summed E-state index contributed by atoms with van der Waals surface area (Å²) in [6, 6.07) is 1.73. The van der Waals surface area contributed by atoms with Crippen molar-refractivity contribution in [3.63, 3.8) is 0 Å². The summed E-state index contributed by atoms with van der Waals surface area (Å²) < 4.78 is 1.64. The number of carbonyl (C=O) groups excluding carboxylic acids is 1. The summed E-state index contributed by atoms with van der Waals surface area (Å²) in [4.78, 5) is 11.9. The van der Waals surface area contributed by atoms with Gasteiger partial charge in [0, 0.05) is 18.7 Å². The quantitative estimate of drug-likeness (QED) is 0.812. The Balaban J connectivity index is 2.82. The highest BCUT2D eigenvalue weighted by molar-refractivity contribution is 5.93. The molecule has 16 heavy (non-hydrogen) atoms. The van der Waals surface area contributed by atoms with Crippen molar-refractivity contribution in [2.45, 2.75) is 33.7 Å². The predicted octanol–water partition coefficient (Wildman–Crippen LogP) is 1.43. The average Bonchev–Trinajstić information content (AvgIpc) is 2.56. The molecule has 1 rings (SSSR count). The van der Waals surface area contributed by atoms with Gasteiger partial charge in [-0.1, -0.05) is 13.8 Å². The van der Waals surface area contributed by atoms with Crippen molar-refractivity contribution in [1.29, 1.82) is 0 Å². The van der Waals surface area contributed by atoms with Gasteiger partial charge in [-0.2, -0.15) is 5.10 Å². The van der Waals surface area contributed by atoms with Gasteiger partial charge in [0.1, 0.15) is 11.5 Å². The van der Waals surface area contributed by atoms with E-state index in [4.69, 9.17) is 5.73 Å². The number of nitrogen functional groups attached to an aromatic ring is 1. The largest absolute Gasteiger partial charge is 0.382 e. The van der Waals surface area contributed by atoms with Gasteiger partial charge in [-0.05, 0) is 19.8 Å². The van der Waals surface area contributed by atoms with Gasteiger partial charge >= 0.3 is 0 Å². The lowest BCUT2D eigenvalue weighted by atomic mass is 10.2. The average molecular weight is 224 g/mol. The van der Waals surface area contributed by atoms with Gasteiger partial charge in [0.05, 0.1) is 0 Å². The van der Waals surface area contributed by atoms with Gasteiger partial charge < -0.3 is 11.1 Å². The molecule has 3 N–H and O–H groups in total. The van der Waals surface area contributed by atoms with Crippen molar-refractivity contribution in [3.8, 4) is 0 Å². The molecule has 0 aliphatic rings. The van der Waals surface area contributed by atoms with Crippen LogP contribution in [-0.4, -0.2) is 22.2 Å². The van der Waals surface area contributed by atoms with Gasteiger partial charge in [-0.3, -0.25) is 9.48 Å². The fourth-order valence-electron chi connectivity index (χ4n) is 1.36. The lowest BCUT2D eigenvalue weighted by Gasteiger charge is -2.11. The molecule has 1 heterocycles. The minimum atomic E-state index is -0.119. The Hall–Kier alpha value is -1.52. The van der Waals surface area contributed by atoms with Crippen LogP contribution in [0.25, 0.3) is 0 Å². The van der Waals surface area contributed by atoms with Crippen LogP contribution in [0, 0.1) is 5.92 Å². The second-order valence-electron chi connectivity index (χ2n) is 4.60. The van der Waals surface area contributed by atoms with E-state index in [1.54, 1.807) is 10.7 Å². The van der Waals surface area contributed by atoms with Gasteiger partial charge in [0.25, 0.3) is 5.91 Å². The van der Waals surface area contributed by atoms with Gasteiger partial charge in [0.15, 0.2) is 0 Å². The Kier molecular flexibility index (Phi) is 3.93. The summed E-state index contributed by atoms with van der Waals surface area (Å²) in [7, 11) is 0. The zero-order valence-corrected chi connectivity index (χ0v) is 10.3. The van der Waals surface area contributed by atoms with Crippen LogP contribution < -0.4 is 11.1 Å². The number of nitrogens with zero attached hydrogens (tertiary/aromatic N) is 2. The molecule has 1 aromatic rings. The van der Waals surface area contributed by atoms with Crippen LogP contribution in [0.3, 0.4) is 0 Å². The number of hydrogen-bond acceptors (Lipinski definition) is 3. The van der Waals surface area contributed by atoms with Crippen molar-refractivity contribution >= 4 is 11.7 Å². The van der Waals surface area contributed by atoms with E-state index in [1.165, 1.54) is 0 Å². The lowest BCUT2D eigenvalue weighted by molar-refractivity contribution is 0.0936. The van der Waals surface area contributed by atoms with Crippen LogP contribution in [0.15, 0.2) is 6.07 Å². The molecule has 0 aromatic carbocycles. The monoisotopic (exact) mass is 224 g/mol. The van der Waals surface area contributed by atoms with E-state index in [0.717, 1.165) is 0 Å². The number of amides is 1. The number of aromatic nitrogens is 2. The Morgan fingerprint density at radius 2 is 2.12 bits per heavy atom. The predicted molar refractivity (Wildman–Crippen MR) is 64.2 cm³/mol. The molecule has 90 valence electrons. The highest BCUT2D eigenvalue weighted by Crippen LogP contribution is 2.12. The van der Waals surface area contributed by atoms with Crippen LogP contribution in [0.5, 0.6) is 0 Å². The summed E-state index contributed by atoms with van der Waals surface area (Å²) in [6.45, 7) is 8.68. The maximum absolute atomic E-state index is 11.9. The molecule has 0 unspecified atom stereocenters. The molecular formula is C11H20N4O.